The highest BCUT2D eigenvalue weighted by Crippen LogP contribution is 2.24. The molecule has 1 aromatic heterocycles. The van der Waals surface area contributed by atoms with Crippen LogP contribution >= 0.6 is 12.4 Å². The summed E-state index contributed by atoms with van der Waals surface area (Å²) in [4.78, 5) is 0. The Morgan fingerprint density at radius 2 is 1.61 bits per heavy atom. The van der Waals surface area contributed by atoms with Gasteiger partial charge in [0.05, 0.1) is 20.3 Å². The Labute approximate surface area is 206 Å². The van der Waals surface area contributed by atoms with E-state index in [1.807, 2.05) is 0 Å². The summed E-state index contributed by atoms with van der Waals surface area (Å²) < 4.78 is 16.4. The lowest BCUT2D eigenvalue weighted by Crippen LogP contribution is -2.25. The molecule has 5 heteroatoms. The molecule has 0 saturated heterocycles. The summed E-state index contributed by atoms with van der Waals surface area (Å²) in [7, 11) is 2.08. The second-order valence-electron chi connectivity index (χ2n) is 8.73. The first-order valence-corrected chi connectivity index (χ1v) is 12.5. The zero-order chi connectivity index (χ0) is 22.6. The minimum Gasteiger partial charge on any atom is -0.491 e. The predicted molar refractivity (Wildman–Crippen MR) is 140 cm³/mol. The van der Waals surface area contributed by atoms with Crippen LogP contribution in [0.4, 0.5) is 0 Å². The Morgan fingerprint density at radius 1 is 0.848 bits per heavy atom. The van der Waals surface area contributed by atoms with Gasteiger partial charge in [0.25, 0.3) is 0 Å². The average Bonchev–Trinajstić information content (AvgIpc) is 3.13. The van der Waals surface area contributed by atoms with Crippen LogP contribution in [0.25, 0.3) is 11.0 Å². The standard InChI is InChI=1S/C28H41N2O2.ClH/c1-4-6-8-12-24-16-17-28(25(22-24)13-9-7-5-2)32-21-20-31-19-18-30-23-29(3)26-14-10-11-15-27(26)30;/h10-11,14-17,22-23H,4-9,12-13,18-21H2,1-3H3;1H/q+1;. The zero-order valence-corrected chi connectivity index (χ0v) is 21.5. The van der Waals surface area contributed by atoms with Crippen LogP contribution in [0.2, 0.25) is 0 Å². The number of ether oxygens (including phenoxy) is 2. The summed E-state index contributed by atoms with van der Waals surface area (Å²) >= 11 is 0. The lowest BCUT2D eigenvalue weighted by molar-refractivity contribution is -0.645. The van der Waals surface area contributed by atoms with Crippen molar-refractivity contribution < 1.29 is 14.0 Å². The largest absolute Gasteiger partial charge is 0.491 e. The van der Waals surface area contributed by atoms with Crippen molar-refractivity contribution in [1.82, 2.24) is 4.57 Å². The molecule has 1 heterocycles. The molecule has 0 bridgehead atoms. The van der Waals surface area contributed by atoms with Gasteiger partial charge in [0.15, 0.2) is 11.0 Å². The van der Waals surface area contributed by atoms with Gasteiger partial charge in [0, 0.05) is 0 Å². The van der Waals surface area contributed by atoms with Gasteiger partial charge in [0.2, 0.25) is 6.33 Å². The molecule has 3 aromatic rings. The van der Waals surface area contributed by atoms with Crippen LogP contribution in [0.15, 0.2) is 48.8 Å². The first-order valence-electron chi connectivity index (χ1n) is 12.5. The highest BCUT2D eigenvalue weighted by Gasteiger charge is 2.11. The van der Waals surface area contributed by atoms with E-state index in [0.29, 0.717) is 19.8 Å². The first-order chi connectivity index (χ1) is 15.7. The Hall–Kier alpha value is -2.04. The summed E-state index contributed by atoms with van der Waals surface area (Å²) in [6, 6.07) is 15.3. The van der Waals surface area contributed by atoms with Crippen molar-refractivity contribution in [3.8, 4) is 5.75 Å². The third-order valence-corrected chi connectivity index (χ3v) is 6.09. The molecule has 182 valence electrons. The van der Waals surface area contributed by atoms with E-state index >= 15 is 0 Å². The normalized spacial score (nSPS) is 11.0. The summed E-state index contributed by atoms with van der Waals surface area (Å²) in [5.41, 5.74) is 5.29. The molecular weight excluding hydrogens is 432 g/mol. The maximum atomic E-state index is 6.14. The molecule has 0 fully saturated rings. The van der Waals surface area contributed by atoms with Gasteiger partial charge >= 0.3 is 0 Å². The third kappa shape index (κ3) is 8.35. The average molecular weight is 474 g/mol. The van der Waals surface area contributed by atoms with Gasteiger partial charge in [-0.2, -0.15) is 0 Å². The second-order valence-corrected chi connectivity index (χ2v) is 8.73. The van der Waals surface area contributed by atoms with Gasteiger partial charge in [-0.1, -0.05) is 63.8 Å². The SMILES string of the molecule is CCCCCc1ccc(OCCOCCn2c[n+](C)c3ccccc32)c(CCCCC)c1.Cl. The van der Waals surface area contributed by atoms with E-state index in [1.165, 1.54) is 67.1 Å². The van der Waals surface area contributed by atoms with Crippen molar-refractivity contribution in [3.05, 3.63) is 59.9 Å². The second kappa shape index (κ2) is 15.0. The van der Waals surface area contributed by atoms with Crippen molar-refractivity contribution in [2.75, 3.05) is 19.8 Å². The highest BCUT2D eigenvalue weighted by molar-refractivity contribution is 5.85. The van der Waals surface area contributed by atoms with E-state index < -0.39 is 0 Å². The fourth-order valence-corrected chi connectivity index (χ4v) is 4.26. The number of nitrogens with zero attached hydrogens (tertiary/aromatic N) is 2. The zero-order valence-electron chi connectivity index (χ0n) is 20.7. The Balaban J connectivity index is 0.00000385. The molecule has 4 nitrogen and oxygen atoms in total. The predicted octanol–water partition coefficient (Wildman–Crippen LogP) is 6.45. The fourth-order valence-electron chi connectivity index (χ4n) is 4.26. The summed E-state index contributed by atoms with van der Waals surface area (Å²) in [5, 5.41) is 0. The van der Waals surface area contributed by atoms with Gasteiger partial charge in [-0.25, -0.2) is 9.13 Å². The van der Waals surface area contributed by atoms with E-state index in [4.69, 9.17) is 9.47 Å². The van der Waals surface area contributed by atoms with Crippen LogP contribution < -0.4 is 9.30 Å². The number of aromatic nitrogens is 2. The first kappa shape index (κ1) is 27.2. The number of hydrogen-bond donors (Lipinski definition) is 0. The van der Waals surface area contributed by atoms with Crippen molar-refractivity contribution in [1.29, 1.82) is 0 Å². The molecule has 0 aliphatic carbocycles. The van der Waals surface area contributed by atoms with E-state index in [-0.39, 0.29) is 12.4 Å². The van der Waals surface area contributed by atoms with E-state index in [9.17, 15) is 0 Å². The van der Waals surface area contributed by atoms with Crippen LogP contribution in [0.3, 0.4) is 0 Å². The maximum absolute atomic E-state index is 6.14. The van der Waals surface area contributed by atoms with Crippen LogP contribution in [-0.4, -0.2) is 24.4 Å². The van der Waals surface area contributed by atoms with Gasteiger partial charge < -0.3 is 9.47 Å². The number of rotatable bonds is 15. The highest BCUT2D eigenvalue weighted by atomic mass is 35.5. The molecule has 2 aromatic carbocycles. The van der Waals surface area contributed by atoms with Crippen LogP contribution in [0, 0.1) is 0 Å². The van der Waals surface area contributed by atoms with Crippen molar-refractivity contribution in [2.24, 2.45) is 7.05 Å². The molecule has 0 aliphatic rings. The lowest BCUT2D eigenvalue weighted by atomic mass is 10.0. The quantitative estimate of drug-likeness (QED) is 0.187. The van der Waals surface area contributed by atoms with Gasteiger partial charge in [-0.3, -0.25) is 0 Å². The number of halogens is 1. The van der Waals surface area contributed by atoms with Gasteiger partial charge in [-0.15, -0.1) is 12.4 Å². The van der Waals surface area contributed by atoms with Crippen molar-refractivity contribution in [3.63, 3.8) is 0 Å². The number of benzene rings is 2. The number of imidazole rings is 1. The Kier molecular flexibility index (Phi) is 12.3. The molecule has 0 radical (unpaired) electrons. The van der Waals surface area contributed by atoms with E-state index in [0.717, 1.165) is 18.7 Å². The molecule has 33 heavy (non-hydrogen) atoms. The topological polar surface area (TPSA) is 27.3 Å². The fraction of sp³-hybridized carbons (Fsp3) is 0.536. The molecule has 0 aliphatic heterocycles. The number of unbranched alkanes of at least 4 members (excludes halogenated alkanes) is 4. The molecule has 0 amide bonds. The molecule has 3 rings (SSSR count). The van der Waals surface area contributed by atoms with Crippen molar-refractivity contribution >= 4 is 23.4 Å². The molecule has 0 N–H and O–H groups in total. The van der Waals surface area contributed by atoms with Crippen molar-refractivity contribution in [2.45, 2.75) is 71.8 Å². The minimum atomic E-state index is 0. The summed E-state index contributed by atoms with van der Waals surface area (Å²) in [5.74, 6) is 1.03. The summed E-state index contributed by atoms with van der Waals surface area (Å²) in [6.45, 7) is 7.24. The molecule has 0 saturated carbocycles. The van der Waals surface area contributed by atoms with Crippen LogP contribution in [0.5, 0.6) is 5.75 Å². The third-order valence-electron chi connectivity index (χ3n) is 6.09. The van der Waals surface area contributed by atoms with E-state index in [1.54, 1.807) is 0 Å². The number of aryl methyl sites for hydroxylation is 3. The minimum absolute atomic E-state index is 0. The smallest absolute Gasteiger partial charge is 0.244 e. The molecule has 0 unspecified atom stereocenters. The van der Waals surface area contributed by atoms with Crippen LogP contribution in [0.1, 0.15) is 63.5 Å². The Bertz CT molecular complexity index is 954. The van der Waals surface area contributed by atoms with E-state index in [2.05, 4.69) is 78.8 Å². The molecule has 0 spiro atoms. The molecule has 0 atom stereocenters. The number of hydrogen-bond acceptors (Lipinski definition) is 2. The lowest BCUT2D eigenvalue weighted by Gasteiger charge is -2.14. The number of para-hydroxylation sites is 2. The summed E-state index contributed by atoms with van der Waals surface area (Å²) in [6.07, 6.45) is 12.0. The number of fused-ring (bicyclic) bond motifs is 1. The maximum Gasteiger partial charge on any atom is 0.244 e. The monoisotopic (exact) mass is 473 g/mol. The van der Waals surface area contributed by atoms with Gasteiger partial charge in [0.1, 0.15) is 18.9 Å². The van der Waals surface area contributed by atoms with Gasteiger partial charge in [-0.05, 0) is 55.0 Å². The Morgan fingerprint density at radius 3 is 2.39 bits per heavy atom. The molecular formula is C28H42ClN2O2+. The van der Waals surface area contributed by atoms with Crippen LogP contribution in [-0.2, 0) is 31.2 Å².